The van der Waals surface area contributed by atoms with Crippen LogP contribution in [0.25, 0.3) is 0 Å². The van der Waals surface area contributed by atoms with Crippen LogP contribution in [0.5, 0.6) is 5.75 Å². The highest BCUT2D eigenvalue weighted by Gasteiger charge is 2.14. The van der Waals surface area contributed by atoms with Crippen molar-refractivity contribution in [2.24, 2.45) is 0 Å². The molecule has 0 aromatic heterocycles. The van der Waals surface area contributed by atoms with E-state index in [1.807, 2.05) is 37.3 Å². The van der Waals surface area contributed by atoms with E-state index < -0.39 is 5.97 Å². The first-order chi connectivity index (χ1) is 10.1. The van der Waals surface area contributed by atoms with Crippen molar-refractivity contribution in [3.8, 4) is 5.75 Å². The van der Waals surface area contributed by atoms with Crippen LogP contribution in [0, 0.1) is 0 Å². The standard InChI is InChI=1S/C17H19NO3/c1-3-20-17(19)15-11-14(9-10-16(15)18)21-12(2)13-7-5-4-6-8-13/h4-12H,3,18H2,1-2H3. The maximum Gasteiger partial charge on any atom is 0.340 e. The van der Waals surface area contributed by atoms with E-state index in [1.54, 1.807) is 25.1 Å². The lowest BCUT2D eigenvalue weighted by molar-refractivity contribution is 0.0527. The first kappa shape index (κ1) is 14.9. The van der Waals surface area contributed by atoms with Crippen molar-refractivity contribution >= 4 is 11.7 Å². The Morgan fingerprint density at radius 3 is 2.57 bits per heavy atom. The Morgan fingerprint density at radius 1 is 1.19 bits per heavy atom. The van der Waals surface area contributed by atoms with E-state index in [0.717, 1.165) is 5.56 Å². The third-order valence-electron chi connectivity index (χ3n) is 3.10. The van der Waals surface area contributed by atoms with Crippen molar-refractivity contribution in [1.29, 1.82) is 0 Å². The lowest BCUT2D eigenvalue weighted by Crippen LogP contribution is -2.09. The van der Waals surface area contributed by atoms with Crippen molar-refractivity contribution in [3.63, 3.8) is 0 Å². The van der Waals surface area contributed by atoms with Gasteiger partial charge in [0, 0.05) is 5.69 Å². The van der Waals surface area contributed by atoms with E-state index in [0.29, 0.717) is 23.6 Å². The zero-order valence-electron chi connectivity index (χ0n) is 12.2. The van der Waals surface area contributed by atoms with E-state index in [2.05, 4.69) is 0 Å². The zero-order chi connectivity index (χ0) is 15.2. The van der Waals surface area contributed by atoms with Crippen LogP contribution in [0.3, 0.4) is 0 Å². The summed E-state index contributed by atoms with van der Waals surface area (Å²) < 4.78 is 10.8. The number of carbonyl (C=O) groups excluding carboxylic acids is 1. The molecule has 0 amide bonds. The summed E-state index contributed by atoms with van der Waals surface area (Å²) in [6.07, 6.45) is -0.120. The van der Waals surface area contributed by atoms with Gasteiger partial charge in [-0.3, -0.25) is 0 Å². The van der Waals surface area contributed by atoms with Crippen LogP contribution >= 0.6 is 0 Å². The number of benzene rings is 2. The lowest BCUT2D eigenvalue weighted by Gasteiger charge is -2.16. The van der Waals surface area contributed by atoms with Gasteiger partial charge < -0.3 is 15.2 Å². The molecule has 4 heteroatoms. The summed E-state index contributed by atoms with van der Waals surface area (Å²) in [7, 11) is 0. The van der Waals surface area contributed by atoms with Crippen LogP contribution in [0.4, 0.5) is 5.69 Å². The number of hydrogen-bond acceptors (Lipinski definition) is 4. The summed E-state index contributed by atoms with van der Waals surface area (Å²) in [5.74, 6) is 0.149. The molecule has 110 valence electrons. The van der Waals surface area contributed by atoms with Gasteiger partial charge in [0.05, 0.1) is 12.2 Å². The van der Waals surface area contributed by atoms with Gasteiger partial charge >= 0.3 is 5.97 Å². The number of nitrogens with two attached hydrogens (primary N) is 1. The minimum absolute atomic E-state index is 0.120. The molecule has 4 nitrogen and oxygen atoms in total. The number of esters is 1. The van der Waals surface area contributed by atoms with Gasteiger partial charge in [0.2, 0.25) is 0 Å². The summed E-state index contributed by atoms with van der Waals surface area (Å²) in [6, 6.07) is 14.9. The number of anilines is 1. The van der Waals surface area contributed by atoms with Gasteiger partial charge in [-0.25, -0.2) is 4.79 Å². The molecule has 0 aliphatic heterocycles. The van der Waals surface area contributed by atoms with Crippen molar-refractivity contribution in [1.82, 2.24) is 0 Å². The molecular formula is C17H19NO3. The second kappa shape index (κ2) is 6.79. The maximum atomic E-state index is 11.8. The molecule has 0 bridgehead atoms. The molecule has 0 radical (unpaired) electrons. The predicted octanol–water partition coefficient (Wildman–Crippen LogP) is 3.59. The summed E-state index contributed by atoms with van der Waals surface area (Å²) in [5.41, 5.74) is 7.58. The average Bonchev–Trinajstić information content (AvgIpc) is 2.50. The number of carbonyl (C=O) groups is 1. The average molecular weight is 285 g/mol. The number of nitrogen functional groups attached to an aromatic ring is 1. The number of ether oxygens (including phenoxy) is 2. The third kappa shape index (κ3) is 3.75. The van der Waals surface area contributed by atoms with Crippen LogP contribution in [-0.4, -0.2) is 12.6 Å². The van der Waals surface area contributed by atoms with Crippen molar-refractivity contribution < 1.29 is 14.3 Å². The normalized spacial score (nSPS) is 11.7. The Bertz CT molecular complexity index is 611. The van der Waals surface area contributed by atoms with Crippen molar-refractivity contribution in [2.75, 3.05) is 12.3 Å². The Morgan fingerprint density at radius 2 is 1.90 bits per heavy atom. The highest BCUT2D eigenvalue weighted by molar-refractivity contribution is 5.95. The summed E-state index contributed by atoms with van der Waals surface area (Å²) in [4.78, 5) is 11.8. The number of hydrogen-bond donors (Lipinski definition) is 1. The fourth-order valence-electron chi connectivity index (χ4n) is 1.99. The van der Waals surface area contributed by atoms with Gasteiger partial charge in [-0.1, -0.05) is 30.3 Å². The first-order valence-corrected chi connectivity index (χ1v) is 6.90. The number of rotatable bonds is 5. The third-order valence-corrected chi connectivity index (χ3v) is 3.10. The molecule has 21 heavy (non-hydrogen) atoms. The summed E-state index contributed by atoms with van der Waals surface area (Å²) in [5, 5.41) is 0. The topological polar surface area (TPSA) is 61.5 Å². The van der Waals surface area contributed by atoms with Gasteiger partial charge in [-0.15, -0.1) is 0 Å². The monoisotopic (exact) mass is 285 g/mol. The zero-order valence-corrected chi connectivity index (χ0v) is 12.2. The molecular weight excluding hydrogens is 266 g/mol. The quantitative estimate of drug-likeness (QED) is 0.673. The van der Waals surface area contributed by atoms with Gasteiger partial charge in [0.25, 0.3) is 0 Å². The molecule has 0 saturated carbocycles. The minimum atomic E-state index is -0.437. The minimum Gasteiger partial charge on any atom is -0.486 e. The Balaban J connectivity index is 2.17. The largest absolute Gasteiger partial charge is 0.486 e. The molecule has 0 aliphatic carbocycles. The second-order valence-electron chi connectivity index (χ2n) is 4.64. The molecule has 0 heterocycles. The molecule has 0 spiro atoms. The van der Waals surface area contributed by atoms with E-state index >= 15 is 0 Å². The van der Waals surface area contributed by atoms with Gasteiger partial charge in [0.15, 0.2) is 0 Å². The maximum absolute atomic E-state index is 11.8. The van der Waals surface area contributed by atoms with E-state index in [-0.39, 0.29) is 6.10 Å². The molecule has 1 atom stereocenters. The molecule has 0 aliphatic rings. The second-order valence-corrected chi connectivity index (χ2v) is 4.64. The van der Waals surface area contributed by atoms with E-state index in [1.165, 1.54) is 0 Å². The molecule has 1 unspecified atom stereocenters. The Labute approximate surface area is 124 Å². The molecule has 0 saturated heterocycles. The summed E-state index contributed by atoms with van der Waals surface area (Å²) >= 11 is 0. The van der Waals surface area contributed by atoms with Crippen LogP contribution in [0.2, 0.25) is 0 Å². The first-order valence-electron chi connectivity index (χ1n) is 6.90. The molecule has 2 aromatic carbocycles. The van der Waals surface area contributed by atoms with Gasteiger partial charge in [-0.05, 0) is 37.6 Å². The molecule has 0 fully saturated rings. The molecule has 2 rings (SSSR count). The molecule has 2 N–H and O–H groups in total. The van der Waals surface area contributed by atoms with Crippen LogP contribution in [-0.2, 0) is 4.74 Å². The van der Waals surface area contributed by atoms with Crippen molar-refractivity contribution in [2.45, 2.75) is 20.0 Å². The molecule has 2 aromatic rings. The SMILES string of the molecule is CCOC(=O)c1cc(OC(C)c2ccccc2)ccc1N. The van der Waals surface area contributed by atoms with Gasteiger partial charge in [-0.2, -0.15) is 0 Å². The fraction of sp³-hybridized carbons (Fsp3) is 0.235. The lowest BCUT2D eigenvalue weighted by atomic mass is 10.1. The summed E-state index contributed by atoms with van der Waals surface area (Å²) in [6.45, 7) is 4.02. The van der Waals surface area contributed by atoms with Gasteiger partial charge in [0.1, 0.15) is 11.9 Å². The smallest absolute Gasteiger partial charge is 0.340 e. The predicted molar refractivity (Wildman–Crippen MR) is 82.3 cm³/mol. The Kier molecular flexibility index (Phi) is 4.82. The fourth-order valence-corrected chi connectivity index (χ4v) is 1.99. The van der Waals surface area contributed by atoms with Crippen molar-refractivity contribution in [3.05, 3.63) is 59.7 Å². The van der Waals surface area contributed by atoms with Crippen LogP contribution < -0.4 is 10.5 Å². The van der Waals surface area contributed by atoms with Crippen LogP contribution in [0.15, 0.2) is 48.5 Å². The van der Waals surface area contributed by atoms with Crippen LogP contribution in [0.1, 0.15) is 35.9 Å². The van der Waals surface area contributed by atoms with E-state index in [9.17, 15) is 4.79 Å². The van der Waals surface area contributed by atoms with E-state index in [4.69, 9.17) is 15.2 Å². The highest BCUT2D eigenvalue weighted by atomic mass is 16.5. The Hall–Kier alpha value is -2.49. The highest BCUT2D eigenvalue weighted by Crippen LogP contribution is 2.25.